The van der Waals surface area contributed by atoms with Gasteiger partial charge in [-0.3, -0.25) is 4.79 Å². The molecule has 6 nitrogen and oxygen atoms in total. The van der Waals surface area contributed by atoms with Crippen LogP contribution in [0.4, 0.5) is 0 Å². The number of esters is 1. The molecule has 0 saturated heterocycles. The molecule has 3 aromatic carbocycles. The summed E-state index contributed by atoms with van der Waals surface area (Å²) in [6.07, 6.45) is 1.45. The van der Waals surface area contributed by atoms with Crippen LogP contribution in [-0.2, 0) is 0 Å². The number of halogens is 2. The lowest BCUT2D eigenvalue weighted by Crippen LogP contribution is -2.17. The summed E-state index contributed by atoms with van der Waals surface area (Å²) >= 11 is 11.7. The predicted octanol–water partition coefficient (Wildman–Crippen LogP) is 5.38. The molecule has 0 bridgehead atoms. The Morgan fingerprint density at radius 1 is 0.935 bits per heavy atom. The molecule has 3 rings (SSSR count). The summed E-state index contributed by atoms with van der Waals surface area (Å²) in [6, 6.07) is 17.8. The minimum atomic E-state index is -0.534. The summed E-state index contributed by atoms with van der Waals surface area (Å²) < 4.78 is 11.0. The molecule has 1 N–H and O–H groups in total. The van der Waals surface area contributed by atoms with Crippen LogP contribution in [0.25, 0.3) is 0 Å². The molecule has 1 amide bonds. The molecule has 0 fully saturated rings. The Kier molecular flexibility index (Phi) is 7.65. The Balaban J connectivity index is 1.70. The van der Waals surface area contributed by atoms with Gasteiger partial charge in [0.1, 0.15) is 0 Å². The average molecular weight is 457 g/mol. The van der Waals surface area contributed by atoms with E-state index in [1.54, 1.807) is 66.7 Å². The Hall–Kier alpha value is -3.35. The number of nitrogens with one attached hydrogen (secondary N) is 1. The van der Waals surface area contributed by atoms with E-state index in [1.165, 1.54) is 6.21 Å². The van der Waals surface area contributed by atoms with E-state index < -0.39 is 11.9 Å². The molecular weight excluding hydrogens is 439 g/mol. The lowest BCUT2D eigenvalue weighted by Gasteiger charge is -2.11. The molecule has 0 heterocycles. The minimum Gasteiger partial charge on any atom is -0.490 e. The fourth-order valence-electron chi connectivity index (χ4n) is 2.56. The van der Waals surface area contributed by atoms with Gasteiger partial charge in [-0.15, -0.1) is 0 Å². The molecule has 0 radical (unpaired) electrons. The van der Waals surface area contributed by atoms with Gasteiger partial charge >= 0.3 is 5.97 Å². The number of carbonyl (C=O) groups is 2. The number of hydrogen-bond acceptors (Lipinski definition) is 5. The fourth-order valence-corrected chi connectivity index (χ4v) is 2.88. The second-order valence-corrected chi connectivity index (χ2v) is 7.12. The molecule has 0 unspecified atom stereocenters. The molecule has 158 valence electrons. The standard InChI is InChI=1S/C23H18Cl2N2O4/c1-2-30-21-12-15(14-26-27-22(28)17-4-3-5-19(25)13-17)6-11-20(21)31-23(29)16-7-9-18(24)10-8-16/h3-14H,2H2,1H3,(H,27,28)/b26-14+. The summed E-state index contributed by atoms with van der Waals surface area (Å²) in [5.41, 5.74) is 3.83. The van der Waals surface area contributed by atoms with Crippen molar-refractivity contribution in [2.45, 2.75) is 6.92 Å². The van der Waals surface area contributed by atoms with E-state index in [0.717, 1.165) is 0 Å². The summed E-state index contributed by atoms with van der Waals surface area (Å²) in [4.78, 5) is 24.5. The zero-order valence-corrected chi connectivity index (χ0v) is 18.0. The highest BCUT2D eigenvalue weighted by Crippen LogP contribution is 2.29. The van der Waals surface area contributed by atoms with Crippen LogP contribution in [0.1, 0.15) is 33.2 Å². The molecule has 0 spiro atoms. The summed E-state index contributed by atoms with van der Waals surface area (Å²) in [5, 5.41) is 4.94. The van der Waals surface area contributed by atoms with E-state index >= 15 is 0 Å². The van der Waals surface area contributed by atoms with Crippen molar-refractivity contribution in [3.8, 4) is 11.5 Å². The summed E-state index contributed by atoms with van der Waals surface area (Å²) in [6.45, 7) is 2.19. The van der Waals surface area contributed by atoms with Gasteiger partial charge in [-0.05, 0) is 73.2 Å². The van der Waals surface area contributed by atoms with Gasteiger partial charge in [0.15, 0.2) is 11.5 Å². The normalized spacial score (nSPS) is 10.7. The molecule has 31 heavy (non-hydrogen) atoms. The lowest BCUT2D eigenvalue weighted by atomic mass is 10.2. The van der Waals surface area contributed by atoms with Crippen molar-refractivity contribution in [3.63, 3.8) is 0 Å². The third-order valence-corrected chi connectivity index (χ3v) is 4.50. The zero-order valence-electron chi connectivity index (χ0n) is 16.5. The molecule has 0 aliphatic rings. The first-order valence-electron chi connectivity index (χ1n) is 9.30. The highest BCUT2D eigenvalue weighted by Gasteiger charge is 2.13. The van der Waals surface area contributed by atoms with E-state index in [-0.39, 0.29) is 5.75 Å². The maximum Gasteiger partial charge on any atom is 0.343 e. The van der Waals surface area contributed by atoms with E-state index in [0.29, 0.717) is 39.1 Å². The van der Waals surface area contributed by atoms with Gasteiger partial charge in [0, 0.05) is 15.6 Å². The molecule has 8 heteroatoms. The first-order chi connectivity index (χ1) is 15.0. The number of ether oxygens (including phenoxy) is 2. The van der Waals surface area contributed by atoms with Crippen molar-refractivity contribution in [2.75, 3.05) is 6.61 Å². The van der Waals surface area contributed by atoms with Crippen molar-refractivity contribution in [3.05, 3.63) is 93.5 Å². The van der Waals surface area contributed by atoms with E-state index in [2.05, 4.69) is 10.5 Å². The predicted molar refractivity (Wildman–Crippen MR) is 121 cm³/mol. The molecule has 0 aliphatic carbocycles. The highest BCUT2D eigenvalue weighted by molar-refractivity contribution is 6.31. The minimum absolute atomic E-state index is 0.266. The quantitative estimate of drug-likeness (QED) is 0.224. The monoisotopic (exact) mass is 456 g/mol. The number of hydrogen-bond donors (Lipinski definition) is 1. The van der Waals surface area contributed by atoms with Gasteiger partial charge in [0.2, 0.25) is 0 Å². The number of amides is 1. The van der Waals surface area contributed by atoms with Crippen molar-refractivity contribution in [2.24, 2.45) is 5.10 Å². The third-order valence-electron chi connectivity index (χ3n) is 4.02. The number of hydrazone groups is 1. The molecule has 0 saturated carbocycles. The number of benzene rings is 3. The Morgan fingerprint density at radius 2 is 1.71 bits per heavy atom. The van der Waals surface area contributed by atoms with Crippen LogP contribution >= 0.6 is 23.2 Å². The van der Waals surface area contributed by atoms with E-state index in [4.69, 9.17) is 32.7 Å². The Bertz CT molecular complexity index is 1110. The van der Waals surface area contributed by atoms with Crippen molar-refractivity contribution in [1.82, 2.24) is 5.43 Å². The maximum absolute atomic E-state index is 12.4. The third kappa shape index (κ3) is 6.31. The smallest absolute Gasteiger partial charge is 0.343 e. The first-order valence-corrected chi connectivity index (χ1v) is 10.1. The van der Waals surface area contributed by atoms with Crippen LogP contribution in [0.3, 0.4) is 0 Å². The molecule has 0 aromatic heterocycles. The van der Waals surface area contributed by atoms with Gasteiger partial charge in [-0.1, -0.05) is 29.3 Å². The van der Waals surface area contributed by atoms with Gasteiger partial charge in [0.25, 0.3) is 5.91 Å². The summed E-state index contributed by atoms with van der Waals surface area (Å²) in [5.74, 6) is -0.290. The molecular formula is C23H18Cl2N2O4. The van der Waals surface area contributed by atoms with Crippen LogP contribution in [0.2, 0.25) is 10.0 Å². The number of carbonyl (C=O) groups excluding carboxylic acids is 2. The molecule has 3 aromatic rings. The average Bonchev–Trinajstić information content (AvgIpc) is 2.76. The molecule has 0 atom stereocenters. The van der Waals surface area contributed by atoms with Crippen molar-refractivity contribution >= 4 is 41.3 Å². The van der Waals surface area contributed by atoms with Crippen LogP contribution in [-0.4, -0.2) is 24.7 Å². The van der Waals surface area contributed by atoms with Crippen LogP contribution in [0.15, 0.2) is 71.8 Å². The second-order valence-electron chi connectivity index (χ2n) is 6.25. The topological polar surface area (TPSA) is 77.0 Å². The Labute approximate surface area is 189 Å². The SMILES string of the molecule is CCOc1cc(/C=N/NC(=O)c2cccc(Cl)c2)ccc1OC(=O)c1ccc(Cl)cc1. The first kappa shape index (κ1) is 22.3. The van der Waals surface area contributed by atoms with Crippen molar-refractivity contribution < 1.29 is 19.1 Å². The summed E-state index contributed by atoms with van der Waals surface area (Å²) in [7, 11) is 0. The van der Waals surface area contributed by atoms with Gasteiger partial charge in [-0.25, -0.2) is 10.2 Å². The molecule has 0 aliphatic heterocycles. The van der Waals surface area contributed by atoms with Crippen molar-refractivity contribution in [1.29, 1.82) is 0 Å². The van der Waals surface area contributed by atoms with Gasteiger partial charge in [0.05, 0.1) is 18.4 Å². The van der Waals surface area contributed by atoms with Gasteiger partial charge in [-0.2, -0.15) is 5.10 Å². The van der Waals surface area contributed by atoms with E-state index in [9.17, 15) is 9.59 Å². The second kappa shape index (κ2) is 10.6. The lowest BCUT2D eigenvalue weighted by molar-refractivity contribution is 0.0728. The fraction of sp³-hybridized carbons (Fsp3) is 0.0870. The zero-order chi connectivity index (χ0) is 22.2. The maximum atomic E-state index is 12.4. The van der Waals surface area contributed by atoms with E-state index in [1.807, 2.05) is 6.92 Å². The van der Waals surface area contributed by atoms with Crippen LogP contribution < -0.4 is 14.9 Å². The largest absolute Gasteiger partial charge is 0.490 e. The number of nitrogens with zero attached hydrogens (tertiary/aromatic N) is 1. The van der Waals surface area contributed by atoms with Crippen LogP contribution in [0.5, 0.6) is 11.5 Å². The highest BCUT2D eigenvalue weighted by atomic mass is 35.5. The Morgan fingerprint density at radius 3 is 2.42 bits per heavy atom. The van der Waals surface area contributed by atoms with Gasteiger partial charge < -0.3 is 9.47 Å². The van der Waals surface area contributed by atoms with Crippen LogP contribution in [0, 0.1) is 0 Å². The number of rotatable bonds is 7.